The quantitative estimate of drug-likeness (QED) is 0.602. The van der Waals surface area contributed by atoms with E-state index in [1.165, 1.54) is 0 Å². The van der Waals surface area contributed by atoms with Crippen molar-refractivity contribution >= 4 is 39.9 Å². The van der Waals surface area contributed by atoms with Crippen molar-refractivity contribution in [2.24, 2.45) is 5.73 Å². The van der Waals surface area contributed by atoms with Crippen molar-refractivity contribution in [2.75, 3.05) is 0 Å². The second-order valence-electron chi connectivity index (χ2n) is 4.13. The van der Waals surface area contributed by atoms with Gasteiger partial charge in [0.1, 0.15) is 0 Å². The van der Waals surface area contributed by atoms with Gasteiger partial charge in [-0.05, 0) is 29.7 Å². The Morgan fingerprint density at radius 1 is 1.05 bits per heavy atom. The predicted octanol–water partition coefficient (Wildman–Crippen LogP) is 1.18. The summed E-state index contributed by atoms with van der Waals surface area (Å²) >= 11 is 4.68. The largest absolute Gasteiger partial charge is 0.375 e. The molecule has 3 N–H and O–H groups in total. The van der Waals surface area contributed by atoms with E-state index in [0.717, 1.165) is 10.4 Å². The second kappa shape index (κ2) is 4.03. The van der Waals surface area contributed by atoms with Crippen LogP contribution in [0.3, 0.4) is 0 Å². The van der Waals surface area contributed by atoms with Crippen LogP contribution in [0.5, 0.6) is 0 Å². The van der Waals surface area contributed by atoms with E-state index in [1.54, 1.807) is 24.3 Å². The molecule has 0 radical (unpaired) electrons. The summed E-state index contributed by atoms with van der Waals surface area (Å²) in [6, 6.07) is 10.6. The molecule has 6 heteroatoms. The van der Waals surface area contributed by atoms with Crippen LogP contribution in [0.4, 0.5) is 0 Å². The lowest BCUT2D eigenvalue weighted by atomic mass is 9.95. The molecule has 2 aromatic rings. The number of carbonyl (C=O) groups excluding carboxylic acids is 2. The molecule has 0 spiro atoms. The number of nitrogens with two attached hydrogens (primary N) is 1. The van der Waals surface area contributed by atoms with Crippen LogP contribution < -0.4 is 11.2 Å². The van der Waals surface area contributed by atoms with E-state index < -0.39 is 11.8 Å². The van der Waals surface area contributed by atoms with Gasteiger partial charge in [0.05, 0.1) is 11.1 Å². The topological polar surface area (TPSA) is 75.4 Å². The Hall–Kier alpha value is -2.47. The summed E-state index contributed by atoms with van der Waals surface area (Å²) in [7, 11) is 0. The van der Waals surface area contributed by atoms with Crippen LogP contribution in [0.15, 0.2) is 36.4 Å². The number of nitrogens with zero attached hydrogens (tertiary/aromatic N) is 1. The van der Waals surface area contributed by atoms with Crippen LogP contribution >= 0.6 is 12.2 Å². The maximum absolute atomic E-state index is 12.3. The van der Waals surface area contributed by atoms with Crippen molar-refractivity contribution < 1.29 is 9.59 Å². The third-order valence-electron chi connectivity index (χ3n) is 2.99. The van der Waals surface area contributed by atoms with Gasteiger partial charge in [-0.2, -0.15) is 5.01 Å². The number of benzene rings is 2. The number of hydrazine groups is 1. The normalized spacial score (nSPS) is 13.8. The fourth-order valence-electron chi connectivity index (χ4n) is 2.24. The highest BCUT2D eigenvalue weighted by Gasteiger charge is 2.33. The molecule has 2 aromatic carbocycles. The van der Waals surface area contributed by atoms with E-state index in [9.17, 15) is 9.59 Å². The zero-order valence-electron chi connectivity index (χ0n) is 9.71. The van der Waals surface area contributed by atoms with Gasteiger partial charge in [0.2, 0.25) is 0 Å². The molecule has 19 heavy (non-hydrogen) atoms. The molecule has 0 aromatic heterocycles. The Balaban J connectivity index is 2.28. The number of hydrogen-bond donors (Lipinski definition) is 2. The van der Waals surface area contributed by atoms with Crippen LogP contribution in [0, 0.1) is 0 Å². The van der Waals surface area contributed by atoms with Gasteiger partial charge in [0.25, 0.3) is 11.8 Å². The van der Waals surface area contributed by atoms with Gasteiger partial charge in [-0.1, -0.05) is 24.3 Å². The predicted molar refractivity (Wildman–Crippen MR) is 74.4 cm³/mol. The van der Waals surface area contributed by atoms with Crippen LogP contribution in [0.1, 0.15) is 20.7 Å². The molecule has 1 aliphatic rings. The lowest BCUT2D eigenvalue weighted by molar-refractivity contribution is 0.0567. The van der Waals surface area contributed by atoms with E-state index >= 15 is 0 Å². The summed E-state index contributed by atoms with van der Waals surface area (Å²) in [4.78, 5) is 24.6. The second-order valence-corrected chi connectivity index (χ2v) is 4.57. The standard InChI is InChI=1S/C13H9N3O2S/c14-13(19)15-16-11(17)8-5-1-3-7-4-2-6-9(10(7)8)12(16)18/h1-6H,(H3,14,15,19). The van der Waals surface area contributed by atoms with Crippen LogP contribution in [-0.4, -0.2) is 21.9 Å². The van der Waals surface area contributed by atoms with Crippen molar-refractivity contribution in [2.45, 2.75) is 0 Å². The highest BCUT2D eigenvalue weighted by Crippen LogP contribution is 2.28. The average molecular weight is 271 g/mol. The van der Waals surface area contributed by atoms with Crippen LogP contribution in [-0.2, 0) is 0 Å². The van der Waals surface area contributed by atoms with Crippen molar-refractivity contribution in [3.05, 3.63) is 47.5 Å². The van der Waals surface area contributed by atoms with E-state index in [1.807, 2.05) is 12.1 Å². The highest BCUT2D eigenvalue weighted by atomic mass is 32.1. The van der Waals surface area contributed by atoms with Crippen molar-refractivity contribution in [1.82, 2.24) is 10.4 Å². The van der Waals surface area contributed by atoms with E-state index in [-0.39, 0.29) is 5.11 Å². The summed E-state index contributed by atoms with van der Waals surface area (Å²) in [5.74, 6) is -0.913. The first-order valence-corrected chi connectivity index (χ1v) is 5.97. The van der Waals surface area contributed by atoms with E-state index in [4.69, 9.17) is 5.73 Å². The minimum Gasteiger partial charge on any atom is -0.375 e. The molecule has 1 aliphatic heterocycles. The molecular weight excluding hydrogens is 262 g/mol. The van der Waals surface area contributed by atoms with E-state index in [2.05, 4.69) is 17.6 Å². The van der Waals surface area contributed by atoms with Gasteiger partial charge in [0, 0.05) is 5.39 Å². The first kappa shape index (κ1) is 11.6. The molecular formula is C13H9N3O2S. The molecule has 0 saturated carbocycles. The Morgan fingerprint density at radius 2 is 1.58 bits per heavy atom. The third kappa shape index (κ3) is 1.65. The Labute approximate surface area is 114 Å². The zero-order chi connectivity index (χ0) is 13.6. The number of nitrogens with one attached hydrogen (secondary N) is 1. The Bertz CT molecular complexity index is 691. The van der Waals surface area contributed by atoms with Crippen molar-refractivity contribution in [3.63, 3.8) is 0 Å². The fraction of sp³-hybridized carbons (Fsp3) is 0. The van der Waals surface area contributed by atoms with Gasteiger partial charge in [0.15, 0.2) is 5.11 Å². The smallest absolute Gasteiger partial charge is 0.280 e. The van der Waals surface area contributed by atoms with Gasteiger partial charge in [-0.15, -0.1) is 0 Å². The number of carbonyl (C=O) groups is 2. The van der Waals surface area contributed by atoms with Crippen LogP contribution in [0.2, 0.25) is 0 Å². The molecule has 0 aliphatic carbocycles. The molecule has 0 fully saturated rings. The summed E-state index contributed by atoms with van der Waals surface area (Å²) < 4.78 is 0. The molecule has 0 bridgehead atoms. The molecule has 0 atom stereocenters. The lowest BCUT2D eigenvalue weighted by Crippen LogP contribution is -2.53. The van der Waals surface area contributed by atoms with Gasteiger partial charge in [-0.3, -0.25) is 15.0 Å². The average Bonchev–Trinajstić information content (AvgIpc) is 2.40. The van der Waals surface area contributed by atoms with Crippen molar-refractivity contribution in [1.29, 1.82) is 0 Å². The third-order valence-corrected chi connectivity index (χ3v) is 3.08. The van der Waals surface area contributed by atoms with E-state index in [0.29, 0.717) is 16.5 Å². The number of thiocarbonyl (C=S) groups is 1. The summed E-state index contributed by atoms with van der Waals surface area (Å²) in [5.41, 5.74) is 8.66. The molecule has 3 rings (SSSR count). The first-order valence-electron chi connectivity index (χ1n) is 5.56. The molecule has 0 saturated heterocycles. The summed E-state index contributed by atoms with van der Waals surface area (Å²) in [6.45, 7) is 0. The number of rotatable bonds is 1. The van der Waals surface area contributed by atoms with Crippen LogP contribution in [0.25, 0.3) is 10.8 Å². The highest BCUT2D eigenvalue weighted by molar-refractivity contribution is 7.80. The molecule has 94 valence electrons. The Kier molecular flexibility index (Phi) is 2.46. The lowest BCUT2D eigenvalue weighted by Gasteiger charge is -2.27. The van der Waals surface area contributed by atoms with Gasteiger partial charge < -0.3 is 5.73 Å². The van der Waals surface area contributed by atoms with Crippen molar-refractivity contribution in [3.8, 4) is 0 Å². The summed E-state index contributed by atoms with van der Waals surface area (Å²) in [6.07, 6.45) is 0. The first-order chi connectivity index (χ1) is 9.09. The van der Waals surface area contributed by atoms with Gasteiger partial charge >= 0.3 is 0 Å². The zero-order valence-corrected chi connectivity index (χ0v) is 10.5. The summed E-state index contributed by atoms with van der Waals surface area (Å²) in [5, 5.41) is 2.24. The molecule has 2 amide bonds. The maximum Gasteiger partial charge on any atom is 0.280 e. The molecule has 5 nitrogen and oxygen atoms in total. The monoisotopic (exact) mass is 271 g/mol. The number of hydrogen-bond acceptors (Lipinski definition) is 3. The maximum atomic E-state index is 12.3. The molecule has 1 heterocycles. The minimum atomic E-state index is -0.456. The number of amides is 2. The Morgan fingerprint density at radius 3 is 2.05 bits per heavy atom. The SMILES string of the molecule is NC(=S)NN1C(=O)c2cccc3cccc(c23)C1=O. The van der Waals surface area contributed by atoms with Gasteiger partial charge in [-0.25, -0.2) is 0 Å². The minimum absolute atomic E-state index is 0.131. The molecule has 0 unspecified atom stereocenters. The number of imide groups is 1. The fourth-order valence-corrected chi connectivity index (χ4v) is 2.33.